The Morgan fingerprint density at radius 1 is 0.974 bits per heavy atom. The summed E-state index contributed by atoms with van der Waals surface area (Å²) >= 11 is 1.69. The average molecular weight is 535 g/mol. The van der Waals surface area contributed by atoms with Gasteiger partial charge in [0.2, 0.25) is 5.91 Å². The van der Waals surface area contributed by atoms with E-state index in [0.717, 1.165) is 64.1 Å². The van der Waals surface area contributed by atoms with Crippen molar-refractivity contribution in [3.05, 3.63) is 59.9 Å². The first kappa shape index (κ1) is 23.7. The highest BCUT2D eigenvalue weighted by atomic mass is 32.1. The zero-order chi connectivity index (χ0) is 26.3. The number of nitrogens with zero attached hydrogens (tertiary/aromatic N) is 5. The molecule has 0 spiro atoms. The summed E-state index contributed by atoms with van der Waals surface area (Å²) in [5.74, 6) is 0.773. The minimum Gasteiger partial charge on any atom is -0.336 e. The lowest BCUT2D eigenvalue weighted by molar-refractivity contribution is -0.120. The highest BCUT2D eigenvalue weighted by Gasteiger charge is 2.22. The van der Waals surface area contributed by atoms with Crippen LogP contribution >= 0.6 is 11.3 Å². The van der Waals surface area contributed by atoms with Crippen LogP contribution in [0, 0.1) is 12.8 Å². The highest BCUT2D eigenvalue weighted by molar-refractivity contribution is 7.15. The Morgan fingerprint density at radius 2 is 1.85 bits per heavy atom. The molecule has 1 amide bonds. The number of hydrogen-bond donors (Lipinski definition) is 3. The van der Waals surface area contributed by atoms with Gasteiger partial charge in [0.15, 0.2) is 11.5 Å². The molecule has 0 bridgehead atoms. The first-order chi connectivity index (χ1) is 19.1. The Hall–Kier alpha value is -4.44. The van der Waals surface area contributed by atoms with E-state index in [1.54, 1.807) is 29.9 Å². The van der Waals surface area contributed by atoms with Crippen molar-refractivity contribution in [1.82, 2.24) is 35.1 Å². The summed E-state index contributed by atoms with van der Waals surface area (Å²) < 4.78 is 0. The Kier molecular flexibility index (Phi) is 5.89. The molecule has 6 aromatic rings. The second-order valence-corrected chi connectivity index (χ2v) is 11.3. The van der Waals surface area contributed by atoms with Gasteiger partial charge in [-0.3, -0.25) is 19.9 Å². The standard InChI is InChI=1S/C29H26N8OS/c1-16-7-10-23(39-16)26-24-21(11-12-31-26)34-28(35-24)27-25-22(36-37-27)9-8-20(33-25)18-13-19(15-30-14-18)32-29(38)17-5-3-2-4-6-17/h7-15,17H,2-6H2,1H3,(H,32,38)(H,34,35)(H,36,37). The number of anilines is 1. The molecule has 0 aliphatic heterocycles. The van der Waals surface area contributed by atoms with E-state index in [4.69, 9.17) is 9.97 Å². The molecule has 1 saturated carbocycles. The second-order valence-electron chi connectivity index (χ2n) is 10.0. The molecule has 0 aromatic carbocycles. The molecule has 9 nitrogen and oxygen atoms in total. The Bertz CT molecular complexity index is 1830. The minimum absolute atomic E-state index is 0.0747. The maximum atomic E-state index is 12.8. The van der Waals surface area contributed by atoms with Crippen LogP contribution in [0.3, 0.4) is 0 Å². The summed E-state index contributed by atoms with van der Waals surface area (Å²) in [4.78, 5) is 37.3. The lowest BCUT2D eigenvalue weighted by atomic mass is 9.88. The average Bonchev–Trinajstić information content (AvgIpc) is 3.71. The van der Waals surface area contributed by atoms with Crippen LogP contribution in [-0.4, -0.2) is 41.0 Å². The number of imidazole rings is 1. The van der Waals surface area contributed by atoms with Crippen LogP contribution in [0.2, 0.25) is 0 Å². The smallest absolute Gasteiger partial charge is 0.227 e. The summed E-state index contributed by atoms with van der Waals surface area (Å²) in [6.07, 6.45) is 10.6. The van der Waals surface area contributed by atoms with Crippen LogP contribution in [0.25, 0.3) is 55.4 Å². The van der Waals surface area contributed by atoms with Gasteiger partial charge in [-0.1, -0.05) is 19.3 Å². The van der Waals surface area contributed by atoms with Crippen molar-refractivity contribution in [2.75, 3.05) is 5.32 Å². The van der Waals surface area contributed by atoms with Gasteiger partial charge in [-0.25, -0.2) is 9.97 Å². The lowest BCUT2D eigenvalue weighted by Gasteiger charge is -2.20. The van der Waals surface area contributed by atoms with Gasteiger partial charge in [-0.05, 0) is 56.2 Å². The molecular weight excluding hydrogens is 508 g/mol. The normalized spacial score (nSPS) is 14.3. The van der Waals surface area contributed by atoms with Crippen LogP contribution in [0.15, 0.2) is 55.0 Å². The number of aromatic nitrogens is 7. The zero-order valence-corrected chi connectivity index (χ0v) is 22.2. The summed E-state index contributed by atoms with van der Waals surface area (Å²) in [5, 5.41) is 10.7. The number of nitrogens with one attached hydrogen (secondary N) is 3. The fourth-order valence-corrected chi connectivity index (χ4v) is 6.14. The SMILES string of the molecule is Cc1ccc(-c2nccc3[nH]c(-c4n[nH]c5ccc(-c6cncc(NC(=O)C7CCCCC7)c6)nc45)nc23)s1. The fraction of sp³-hybridized carbons (Fsp3) is 0.241. The quantitative estimate of drug-likeness (QED) is 0.231. The summed E-state index contributed by atoms with van der Waals surface area (Å²) in [7, 11) is 0. The number of amides is 1. The van der Waals surface area contributed by atoms with E-state index in [1.807, 2.05) is 24.3 Å². The molecule has 6 heterocycles. The van der Waals surface area contributed by atoms with Crippen molar-refractivity contribution in [3.8, 4) is 33.3 Å². The largest absolute Gasteiger partial charge is 0.336 e. The Labute approximate surface area is 228 Å². The van der Waals surface area contributed by atoms with E-state index in [1.165, 1.54) is 11.3 Å². The van der Waals surface area contributed by atoms with Gasteiger partial charge in [-0.2, -0.15) is 5.10 Å². The summed E-state index contributed by atoms with van der Waals surface area (Å²) in [6.45, 7) is 2.08. The third-order valence-corrected chi connectivity index (χ3v) is 8.29. The fourth-order valence-electron chi connectivity index (χ4n) is 5.27. The van der Waals surface area contributed by atoms with Gasteiger partial charge in [-0.15, -0.1) is 11.3 Å². The number of fused-ring (bicyclic) bond motifs is 2. The molecule has 7 rings (SSSR count). The van der Waals surface area contributed by atoms with Crippen molar-refractivity contribution in [1.29, 1.82) is 0 Å². The van der Waals surface area contributed by atoms with Gasteiger partial charge in [0.1, 0.15) is 16.7 Å². The molecule has 0 saturated heterocycles. The molecule has 0 atom stereocenters. The van der Waals surface area contributed by atoms with E-state index in [-0.39, 0.29) is 11.8 Å². The van der Waals surface area contributed by atoms with E-state index >= 15 is 0 Å². The van der Waals surface area contributed by atoms with Gasteiger partial charge >= 0.3 is 0 Å². The topological polar surface area (TPSA) is 125 Å². The number of pyridine rings is 3. The molecule has 1 aliphatic rings. The number of aryl methyl sites for hydroxylation is 1. The maximum Gasteiger partial charge on any atom is 0.227 e. The summed E-state index contributed by atoms with van der Waals surface area (Å²) in [6, 6.07) is 11.9. The van der Waals surface area contributed by atoms with Crippen molar-refractivity contribution in [2.24, 2.45) is 5.92 Å². The van der Waals surface area contributed by atoms with Crippen molar-refractivity contribution >= 4 is 45.0 Å². The Morgan fingerprint density at radius 3 is 2.69 bits per heavy atom. The van der Waals surface area contributed by atoms with E-state index < -0.39 is 0 Å². The highest BCUT2D eigenvalue weighted by Crippen LogP contribution is 2.33. The lowest BCUT2D eigenvalue weighted by Crippen LogP contribution is -2.24. The van der Waals surface area contributed by atoms with E-state index in [2.05, 4.69) is 49.5 Å². The molecule has 194 valence electrons. The van der Waals surface area contributed by atoms with E-state index in [9.17, 15) is 4.79 Å². The zero-order valence-electron chi connectivity index (χ0n) is 21.4. The first-order valence-electron chi connectivity index (χ1n) is 13.2. The molecule has 1 aliphatic carbocycles. The van der Waals surface area contributed by atoms with Crippen LogP contribution in [0.5, 0.6) is 0 Å². The van der Waals surface area contributed by atoms with Gasteiger partial charge in [0, 0.05) is 28.8 Å². The predicted molar refractivity (Wildman–Crippen MR) is 153 cm³/mol. The predicted octanol–water partition coefficient (Wildman–Crippen LogP) is 6.51. The first-order valence-corrected chi connectivity index (χ1v) is 14.0. The Balaban J connectivity index is 1.22. The molecule has 6 aromatic heterocycles. The van der Waals surface area contributed by atoms with Gasteiger partial charge < -0.3 is 10.3 Å². The van der Waals surface area contributed by atoms with Crippen molar-refractivity contribution in [3.63, 3.8) is 0 Å². The molecular formula is C29H26N8OS. The number of aromatic amines is 2. The van der Waals surface area contributed by atoms with E-state index in [0.29, 0.717) is 22.7 Å². The molecule has 1 fully saturated rings. The number of rotatable bonds is 5. The van der Waals surface area contributed by atoms with Crippen molar-refractivity contribution < 1.29 is 4.79 Å². The van der Waals surface area contributed by atoms with Crippen LogP contribution < -0.4 is 5.32 Å². The monoisotopic (exact) mass is 534 g/mol. The van der Waals surface area contributed by atoms with Crippen LogP contribution in [0.1, 0.15) is 37.0 Å². The van der Waals surface area contributed by atoms with Gasteiger partial charge in [0.05, 0.1) is 33.5 Å². The number of H-pyrrole nitrogens is 2. The minimum atomic E-state index is 0.0747. The molecule has 0 radical (unpaired) electrons. The number of carbonyl (C=O) groups excluding carboxylic acids is 1. The second kappa shape index (κ2) is 9.70. The number of thiophene rings is 1. The van der Waals surface area contributed by atoms with Crippen molar-refractivity contribution in [2.45, 2.75) is 39.0 Å². The molecule has 0 unspecified atom stereocenters. The maximum absolute atomic E-state index is 12.8. The van der Waals surface area contributed by atoms with Crippen LogP contribution in [-0.2, 0) is 4.79 Å². The van der Waals surface area contributed by atoms with Crippen LogP contribution in [0.4, 0.5) is 5.69 Å². The molecule has 10 heteroatoms. The third kappa shape index (κ3) is 4.46. The number of hydrogen-bond acceptors (Lipinski definition) is 7. The summed E-state index contributed by atoms with van der Waals surface area (Å²) in [5.41, 5.74) is 6.89. The molecule has 39 heavy (non-hydrogen) atoms. The molecule has 3 N–H and O–H groups in total. The van der Waals surface area contributed by atoms with Gasteiger partial charge in [0.25, 0.3) is 0 Å². The third-order valence-electron chi connectivity index (χ3n) is 7.28. The number of carbonyl (C=O) groups is 1.